The Hall–Kier alpha value is -2.68. The lowest BCUT2D eigenvalue weighted by atomic mass is 10.3. The van der Waals surface area contributed by atoms with Crippen LogP contribution in [0.1, 0.15) is 23.3 Å². The maximum Gasteiger partial charge on any atom is 0.312 e. The number of hydrogen-bond acceptors (Lipinski definition) is 6. The van der Waals surface area contributed by atoms with Gasteiger partial charge in [-0.1, -0.05) is 0 Å². The number of carbonyl (C=O) groups is 1. The number of nitrogens with zero attached hydrogens (tertiary/aromatic N) is 3. The molecule has 1 atom stereocenters. The summed E-state index contributed by atoms with van der Waals surface area (Å²) in [6.07, 6.45) is 0.476. The summed E-state index contributed by atoms with van der Waals surface area (Å²) in [6.45, 7) is 2.86. The number of aliphatic hydroxyl groups excluding tert-OH is 1. The second-order valence-electron chi connectivity index (χ2n) is 4.77. The van der Waals surface area contributed by atoms with E-state index >= 15 is 0 Å². The van der Waals surface area contributed by atoms with Crippen molar-refractivity contribution in [3.63, 3.8) is 0 Å². The van der Waals surface area contributed by atoms with Gasteiger partial charge in [0.2, 0.25) is 5.91 Å². The van der Waals surface area contributed by atoms with Crippen molar-refractivity contribution in [3.8, 4) is 0 Å². The Bertz CT molecular complexity index is 677. The van der Waals surface area contributed by atoms with Crippen LogP contribution in [0.2, 0.25) is 0 Å². The molecule has 22 heavy (non-hydrogen) atoms. The van der Waals surface area contributed by atoms with Gasteiger partial charge in [0.1, 0.15) is 29.8 Å². The Morgan fingerprint density at radius 3 is 2.86 bits per heavy atom. The molecule has 0 aliphatic rings. The van der Waals surface area contributed by atoms with Gasteiger partial charge in [-0.2, -0.15) is 5.10 Å². The van der Waals surface area contributed by atoms with E-state index in [2.05, 4.69) is 10.4 Å². The van der Waals surface area contributed by atoms with Gasteiger partial charge in [0.05, 0.1) is 17.7 Å². The van der Waals surface area contributed by atoms with Gasteiger partial charge in [0, 0.05) is 0 Å². The lowest BCUT2D eigenvalue weighted by molar-refractivity contribution is -0.386. The number of rotatable bonds is 6. The Labute approximate surface area is 125 Å². The van der Waals surface area contributed by atoms with E-state index in [9.17, 15) is 20.0 Å². The number of carbonyl (C=O) groups excluding carboxylic acids is 1. The van der Waals surface area contributed by atoms with Gasteiger partial charge in [0.15, 0.2) is 0 Å². The van der Waals surface area contributed by atoms with Gasteiger partial charge in [-0.15, -0.1) is 0 Å². The van der Waals surface area contributed by atoms with Gasteiger partial charge in [-0.05, 0) is 26.0 Å². The predicted molar refractivity (Wildman–Crippen MR) is 75.0 cm³/mol. The van der Waals surface area contributed by atoms with Crippen molar-refractivity contribution in [3.05, 3.63) is 45.7 Å². The highest BCUT2D eigenvalue weighted by Crippen LogP contribution is 2.21. The Morgan fingerprint density at radius 2 is 2.32 bits per heavy atom. The molecule has 0 spiro atoms. The fourth-order valence-corrected chi connectivity index (χ4v) is 2.09. The Morgan fingerprint density at radius 1 is 1.59 bits per heavy atom. The molecule has 2 aromatic heterocycles. The molecule has 0 bridgehead atoms. The van der Waals surface area contributed by atoms with Gasteiger partial charge < -0.3 is 14.8 Å². The highest BCUT2D eigenvalue weighted by atomic mass is 16.6. The first kappa shape index (κ1) is 15.7. The molecule has 0 fully saturated rings. The SMILES string of the molecule is Cc1nn(CC(=O)NCC(O)c2ccco2)c(C)c1[N+](=O)[O-]. The van der Waals surface area contributed by atoms with Crippen LogP contribution in [-0.4, -0.2) is 32.3 Å². The van der Waals surface area contributed by atoms with E-state index in [4.69, 9.17) is 4.42 Å². The first-order valence-electron chi connectivity index (χ1n) is 6.56. The van der Waals surface area contributed by atoms with Crippen LogP contribution in [0.25, 0.3) is 0 Å². The van der Waals surface area contributed by atoms with E-state index in [1.54, 1.807) is 12.1 Å². The zero-order valence-corrected chi connectivity index (χ0v) is 12.1. The average Bonchev–Trinajstić information content (AvgIpc) is 3.05. The molecule has 118 valence electrons. The first-order valence-corrected chi connectivity index (χ1v) is 6.56. The maximum atomic E-state index is 11.8. The average molecular weight is 308 g/mol. The number of aliphatic hydroxyl groups is 1. The molecule has 0 aromatic carbocycles. The van der Waals surface area contributed by atoms with Crippen LogP contribution in [-0.2, 0) is 11.3 Å². The number of aromatic nitrogens is 2. The second kappa shape index (κ2) is 6.39. The fraction of sp³-hybridized carbons (Fsp3) is 0.385. The molecular weight excluding hydrogens is 292 g/mol. The van der Waals surface area contributed by atoms with Crippen LogP contribution in [0.15, 0.2) is 22.8 Å². The molecular formula is C13H16N4O5. The van der Waals surface area contributed by atoms with Crippen LogP contribution in [0.3, 0.4) is 0 Å². The molecule has 0 aliphatic carbocycles. The summed E-state index contributed by atoms with van der Waals surface area (Å²) in [4.78, 5) is 22.2. The molecule has 0 saturated carbocycles. The smallest absolute Gasteiger partial charge is 0.312 e. The standard InChI is InChI=1S/C13H16N4O5/c1-8-13(17(20)21)9(2)16(15-8)7-12(19)14-6-10(18)11-4-3-5-22-11/h3-5,10,18H,6-7H2,1-2H3,(H,14,19). The molecule has 9 nitrogen and oxygen atoms in total. The zero-order chi connectivity index (χ0) is 16.3. The van der Waals surface area contributed by atoms with Crippen LogP contribution < -0.4 is 5.32 Å². The van der Waals surface area contributed by atoms with Crippen molar-refractivity contribution in [2.75, 3.05) is 6.54 Å². The molecule has 2 aromatic rings. The quantitative estimate of drug-likeness (QED) is 0.602. The minimum absolute atomic E-state index is 0.0201. The van der Waals surface area contributed by atoms with Gasteiger partial charge in [-0.25, -0.2) is 0 Å². The molecule has 2 N–H and O–H groups in total. The van der Waals surface area contributed by atoms with Gasteiger partial charge in [0.25, 0.3) is 0 Å². The van der Waals surface area contributed by atoms with E-state index in [0.717, 1.165) is 0 Å². The Kier molecular flexibility index (Phi) is 4.56. The summed E-state index contributed by atoms with van der Waals surface area (Å²) in [7, 11) is 0. The summed E-state index contributed by atoms with van der Waals surface area (Å²) < 4.78 is 6.28. The van der Waals surface area contributed by atoms with Crippen LogP contribution in [0.5, 0.6) is 0 Å². The van der Waals surface area contributed by atoms with E-state index in [0.29, 0.717) is 11.5 Å². The van der Waals surface area contributed by atoms with Gasteiger partial charge >= 0.3 is 5.69 Å². The number of aryl methyl sites for hydroxylation is 1. The second-order valence-corrected chi connectivity index (χ2v) is 4.77. The highest BCUT2D eigenvalue weighted by molar-refractivity contribution is 5.75. The molecule has 0 radical (unpaired) electrons. The van der Waals surface area contributed by atoms with E-state index in [-0.39, 0.29) is 24.5 Å². The number of furan rings is 1. The van der Waals surface area contributed by atoms with E-state index in [1.165, 1.54) is 24.8 Å². The monoisotopic (exact) mass is 308 g/mol. The minimum Gasteiger partial charge on any atom is -0.467 e. The van der Waals surface area contributed by atoms with E-state index < -0.39 is 16.9 Å². The van der Waals surface area contributed by atoms with Crippen LogP contribution in [0, 0.1) is 24.0 Å². The van der Waals surface area contributed by atoms with Crippen molar-refractivity contribution in [2.24, 2.45) is 0 Å². The summed E-state index contributed by atoms with van der Waals surface area (Å²) in [5.74, 6) is -0.0619. The zero-order valence-electron chi connectivity index (χ0n) is 12.1. The maximum absolute atomic E-state index is 11.8. The normalized spacial score (nSPS) is 12.1. The number of hydrogen-bond donors (Lipinski definition) is 2. The first-order chi connectivity index (χ1) is 10.4. The van der Waals surface area contributed by atoms with Crippen LogP contribution >= 0.6 is 0 Å². The lowest BCUT2D eigenvalue weighted by Crippen LogP contribution is -2.31. The third kappa shape index (κ3) is 3.31. The number of nitrogens with one attached hydrogen (secondary N) is 1. The minimum atomic E-state index is -0.950. The fourth-order valence-electron chi connectivity index (χ4n) is 2.09. The molecule has 0 saturated heterocycles. The van der Waals surface area contributed by atoms with Crippen molar-refractivity contribution in [2.45, 2.75) is 26.5 Å². The third-order valence-corrected chi connectivity index (χ3v) is 3.18. The highest BCUT2D eigenvalue weighted by Gasteiger charge is 2.22. The molecule has 1 unspecified atom stereocenters. The molecule has 9 heteroatoms. The van der Waals surface area contributed by atoms with Crippen molar-refractivity contribution < 1.29 is 19.2 Å². The summed E-state index contributed by atoms with van der Waals surface area (Å²) in [5.41, 5.74) is 0.471. The van der Waals surface area contributed by atoms with Gasteiger partial charge in [-0.3, -0.25) is 19.6 Å². The van der Waals surface area contributed by atoms with Crippen molar-refractivity contribution >= 4 is 11.6 Å². The summed E-state index contributed by atoms with van der Waals surface area (Å²) >= 11 is 0. The van der Waals surface area contributed by atoms with Crippen molar-refractivity contribution in [1.29, 1.82) is 0 Å². The molecule has 0 aliphatic heterocycles. The Balaban J connectivity index is 1.95. The largest absolute Gasteiger partial charge is 0.467 e. The third-order valence-electron chi connectivity index (χ3n) is 3.18. The lowest BCUT2D eigenvalue weighted by Gasteiger charge is -2.10. The summed E-state index contributed by atoms with van der Waals surface area (Å²) in [6, 6.07) is 3.23. The van der Waals surface area contributed by atoms with Crippen molar-refractivity contribution in [1.82, 2.24) is 15.1 Å². The summed E-state index contributed by atoms with van der Waals surface area (Å²) in [5, 5.41) is 27.2. The van der Waals surface area contributed by atoms with Crippen LogP contribution in [0.4, 0.5) is 5.69 Å². The molecule has 2 heterocycles. The van der Waals surface area contributed by atoms with E-state index in [1.807, 2.05) is 0 Å². The number of amides is 1. The topological polar surface area (TPSA) is 123 Å². The molecule has 1 amide bonds. The number of nitro groups is 1. The predicted octanol–water partition coefficient (Wildman–Crippen LogP) is 0.851. The molecule has 2 rings (SSSR count).